The molecule has 0 radical (unpaired) electrons. The van der Waals surface area contributed by atoms with Crippen LogP contribution in [0.5, 0.6) is 11.5 Å². The van der Waals surface area contributed by atoms with Crippen molar-refractivity contribution in [2.45, 2.75) is 52.4 Å². The van der Waals surface area contributed by atoms with Crippen LogP contribution in [-0.4, -0.2) is 36.4 Å². The van der Waals surface area contributed by atoms with E-state index in [9.17, 15) is 15.0 Å². The van der Waals surface area contributed by atoms with Gasteiger partial charge < -0.3 is 0 Å². The number of rotatable bonds is 6. The zero-order valence-electron chi connectivity index (χ0n) is 21.0. The molecule has 0 amide bonds. The van der Waals surface area contributed by atoms with Crippen LogP contribution in [0, 0.1) is 5.41 Å². The Morgan fingerprint density at radius 2 is 1.63 bits per heavy atom. The summed E-state index contributed by atoms with van der Waals surface area (Å²) in [6.45, 7) is 12.3. The molecule has 0 saturated heterocycles. The number of benzene rings is 2. The molecular formula is C28H33AsN2O3S. The predicted molar refractivity (Wildman–Crippen MR) is 149 cm³/mol. The Kier molecular flexibility index (Phi) is 7.98. The van der Waals surface area contributed by atoms with Crippen molar-refractivity contribution in [3.8, 4) is 11.5 Å². The Labute approximate surface area is 218 Å². The number of amidine groups is 1. The van der Waals surface area contributed by atoms with Gasteiger partial charge in [-0.15, -0.1) is 0 Å². The van der Waals surface area contributed by atoms with Crippen molar-refractivity contribution in [2.24, 2.45) is 0 Å². The molecule has 0 spiro atoms. The van der Waals surface area contributed by atoms with Gasteiger partial charge in [0.05, 0.1) is 0 Å². The van der Waals surface area contributed by atoms with Crippen LogP contribution < -0.4 is 9.67 Å². The Balaban J connectivity index is 1.81. The van der Waals surface area contributed by atoms with Gasteiger partial charge in [-0.2, -0.15) is 0 Å². The average molecular weight is 553 g/mol. The van der Waals surface area contributed by atoms with Crippen molar-refractivity contribution in [3.05, 3.63) is 75.5 Å². The average Bonchev–Trinajstić information content (AvgIpc) is 3.29. The van der Waals surface area contributed by atoms with E-state index in [1.807, 2.05) is 29.6 Å². The van der Waals surface area contributed by atoms with Gasteiger partial charge in [0, 0.05) is 0 Å². The first-order valence-corrected chi connectivity index (χ1v) is 14.3. The number of carbonyl (C=O) groups is 1. The number of nitrogens with one attached hydrogen (secondary N) is 2. The Bertz CT molecular complexity index is 1230. The number of allylic oxidation sites excluding steroid dienone is 1. The van der Waals surface area contributed by atoms with Crippen LogP contribution in [0.1, 0.15) is 63.1 Å². The summed E-state index contributed by atoms with van der Waals surface area (Å²) in [4.78, 5) is 13.6. The number of anilines is 1. The molecular weight excluding hydrogens is 519 g/mol. The van der Waals surface area contributed by atoms with Crippen LogP contribution in [0.3, 0.4) is 0 Å². The van der Waals surface area contributed by atoms with Crippen molar-refractivity contribution in [2.75, 3.05) is 5.32 Å². The third-order valence-electron chi connectivity index (χ3n) is 5.47. The second-order valence-electron chi connectivity index (χ2n) is 10.5. The van der Waals surface area contributed by atoms with Gasteiger partial charge in [-0.05, 0) is 0 Å². The van der Waals surface area contributed by atoms with E-state index < -0.39 is 15.8 Å². The zero-order valence-corrected chi connectivity index (χ0v) is 23.9. The van der Waals surface area contributed by atoms with Gasteiger partial charge in [-0.1, -0.05) is 0 Å². The summed E-state index contributed by atoms with van der Waals surface area (Å²) < 4.78 is 0.577. The second-order valence-corrected chi connectivity index (χ2v) is 14.1. The molecule has 1 heterocycles. The van der Waals surface area contributed by atoms with Crippen LogP contribution in [-0.2, 0) is 15.6 Å². The quantitative estimate of drug-likeness (QED) is 0.107. The molecule has 3 rings (SSSR count). The van der Waals surface area contributed by atoms with E-state index in [-0.39, 0.29) is 27.0 Å². The summed E-state index contributed by atoms with van der Waals surface area (Å²) in [5.74, 6) is 0.679. The van der Waals surface area contributed by atoms with Gasteiger partial charge in [-0.3, -0.25) is 0 Å². The topological polar surface area (TPSA) is 93.4 Å². The molecule has 184 valence electrons. The van der Waals surface area contributed by atoms with Gasteiger partial charge in [0.1, 0.15) is 0 Å². The van der Waals surface area contributed by atoms with Gasteiger partial charge >= 0.3 is 219 Å². The fraction of sp³-hybridized carbons (Fsp3) is 0.286. The molecule has 1 atom stereocenters. The monoisotopic (exact) mass is 552 g/mol. The first-order chi connectivity index (χ1) is 16.3. The molecule has 0 aliphatic rings. The molecule has 0 bridgehead atoms. The molecule has 35 heavy (non-hydrogen) atoms. The van der Waals surface area contributed by atoms with Crippen molar-refractivity contribution in [3.63, 3.8) is 0 Å². The number of phenols is 2. The maximum atomic E-state index is 12.8. The van der Waals surface area contributed by atoms with E-state index in [0.29, 0.717) is 15.8 Å². The third kappa shape index (κ3) is 6.87. The minimum absolute atomic E-state index is 0.0338. The summed E-state index contributed by atoms with van der Waals surface area (Å²) in [5, 5.41) is 34.4. The first-order valence-electron chi connectivity index (χ1n) is 11.3. The van der Waals surface area contributed by atoms with Crippen LogP contribution in [0.4, 0.5) is 5.69 Å². The number of carbonyl (C=O) groups excluding carboxylic acids is 1. The van der Waals surface area contributed by atoms with Crippen LogP contribution in [0.2, 0.25) is 0 Å². The zero-order chi connectivity index (χ0) is 26.0. The molecule has 0 aliphatic heterocycles. The second kappa shape index (κ2) is 10.4. The van der Waals surface area contributed by atoms with E-state index in [1.165, 1.54) is 11.3 Å². The first kappa shape index (κ1) is 26.8. The van der Waals surface area contributed by atoms with E-state index in [1.54, 1.807) is 30.4 Å². The van der Waals surface area contributed by atoms with Crippen molar-refractivity contribution >= 4 is 53.6 Å². The molecule has 3 aromatic rings. The van der Waals surface area contributed by atoms with Crippen LogP contribution in [0.25, 0.3) is 6.08 Å². The Morgan fingerprint density at radius 3 is 2.17 bits per heavy atom. The molecule has 0 saturated carbocycles. The molecule has 4 N–H and O–H groups in total. The summed E-state index contributed by atoms with van der Waals surface area (Å²) in [5.41, 5.74) is 2.72. The van der Waals surface area contributed by atoms with E-state index >= 15 is 0 Å². The van der Waals surface area contributed by atoms with Crippen molar-refractivity contribution in [1.82, 2.24) is 0 Å². The van der Waals surface area contributed by atoms with Crippen LogP contribution >= 0.6 is 11.3 Å². The molecule has 1 aromatic heterocycles. The molecule has 0 fully saturated rings. The maximum absolute atomic E-state index is 12.8. The number of hydrogen-bond acceptors (Lipinski definition) is 5. The van der Waals surface area contributed by atoms with Gasteiger partial charge in [0.2, 0.25) is 0 Å². The molecule has 2 aromatic carbocycles. The Hall–Kier alpha value is -2.82. The fourth-order valence-electron chi connectivity index (χ4n) is 3.58. The van der Waals surface area contributed by atoms with Gasteiger partial charge in [0.15, 0.2) is 0 Å². The number of thiophene rings is 1. The van der Waals surface area contributed by atoms with E-state index in [2.05, 4.69) is 46.9 Å². The molecule has 1 unspecified atom stereocenters. The SMILES string of the molecule is CC(C)(C)c1cc(/C=C/C(=O)[AsH]c2cc(NC(=N)c3cccs3)ccc2O)cc(C(C)(C)C)c1O. The predicted octanol–water partition coefficient (Wildman–Crippen LogP) is 5.49. The minimum atomic E-state index is -1.31. The van der Waals surface area contributed by atoms with Gasteiger partial charge in [0.25, 0.3) is 0 Å². The summed E-state index contributed by atoms with van der Waals surface area (Å²) in [6, 6.07) is 12.6. The van der Waals surface area contributed by atoms with E-state index in [0.717, 1.165) is 21.6 Å². The fourth-order valence-corrected chi connectivity index (χ4v) is 6.04. The van der Waals surface area contributed by atoms with E-state index in [4.69, 9.17) is 5.41 Å². The Morgan fingerprint density at radius 1 is 1.00 bits per heavy atom. The number of hydrogen-bond donors (Lipinski definition) is 4. The van der Waals surface area contributed by atoms with Gasteiger partial charge in [-0.25, -0.2) is 0 Å². The van der Waals surface area contributed by atoms with Crippen molar-refractivity contribution in [1.29, 1.82) is 5.41 Å². The molecule has 7 heteroatoms. The standard InChI is InChI=1S/C28H33AsN2O3S/c1-27(2,3)19-14-17(15-20(25(19)34)28(4,5)6)9-12-24(33)29-21-16-18(10-11-22(21)32)31-26(30)23-8-7-13-35-23/h7-16,29,32,34H,1-6H3,(H2,30,31)/b12-9+. The summed E-state index contributed by atoms with van der Waals surface area (Å²) >= 11 is 0.165. The van der Waals surface area contributed by atoms with Crippen LogP contribution in [0.15, 0.2) is 53.9 Å². The molecule has 0 aliphatic carbocycles. The number of aromatic hydroxyl groups is 2. The number of phenolic OH excluding ortho intramolecular Hbond substituents is 2. The summed E-state index contributed by atoms with van der Waals surface area (Å²) in [6.07, 6.45) is 3.36. The third-order valence-corrected chi connectivity index (χ3v) is 8.63. The molecule has 5 nitrogen and oxygen atoms in total. The summed E-state index contributed by atoms with van der Waals surface area (Å²) in [7, 11) is 0. The van der Waals surface area contributed by atoms with Crippen molar-refractivity contribution < 1.29 is 15.0 Å². The normalized spacial score (nSPS) is 12.5.